The van der Waals surface area contributed by atoms with Gasteiger partial charge in [0.15, 0.2) is 5.65 Å². The van der Waals surface area contributed by atoms with Gasteiger partial charge in [0.2, 0.25) is 11.8 Å². The average Bonchev–Trinajstić information content (AvgIpc) is 2.71. The van der Waals surface area contributed by atoms with E-state index >= 15 is 0 Å². The number of rotatable bonds is 0. The first kappa shape index (κ1) is 11.7. The van der Waals surface area contributed by atoms with E-state index in [2.05, 4.69) is 25.1 Å². The zero-order valence-corrected chi connectivity index (χ0v) is 11.1. The molecule has 8 heteroatoms. The monoisotopic (exact) mass is 276 g/mol. The van der Waals surface area contributed by atoms with E-state index in [1.54, 1.807) is 0 Å². The summed E-state index contributed by atoms with van der Waals surface area (Å²) in [6.07, 6.45) is 1.58. The molecule has 0 saturated carbocycles. The molecule has 0 bridgehead atoms. The Balaban J connectivity index is 1.92. The molecule has 4 heterocycles. The summed E-state index contributed by atoms with van der Waals surface area (Å²) in [6, 6.07) is 0.168. The number of nitrogen functional groups attached to an aromatic ring is 1. The first-order chi connectivity index (χ1) is 9.53. The maximum absolute atomic E-state index is 10.3. The van der Waals surface area contributed by atoms with E-state index in [9.17, 15) is 5.11 Å². The van der Waals surface area contributed by atoms with Crippen molar-refractivity contribution in [2.75, 3.05) is 23.8 Å². The predicted octanol–water partition coefficient (Wildman–Crippen LogP) is 0.0473. The molecule has 106 valence electrons. The summed E-state index contributed by atoms with van der Waals surface area (Å²) in [5.74, 6) is 1.39. The third-order valence-corrected chi connectivity index (χ3v) is 4.04. The predicted molar refractivity (Wildman–Crippen MR) is 72.6 cm³/mol. The number of ether oxygens (including phenoxy) is 1. The van der Waals surface area contributed by atoms with Crippen LogP contribution in [-0.2, 0) is 0 Å². The minimum absolute atomic E-state index is 0.168. The number of aliphatic hydroxyl groups is 1. The molecule has 0 amide bonds. The van der Waals surface area contributed by atoms with E-state index in [1.165, 1.54) is 0 Å². The fraction of sp³-hybridized carbons (Fsp3) is 0.583. The third kappa shape index (κ3) is 1.61. The highest BCUT2D eigenvalue weighted by Crippen LogP contribution is 2.38. The SMILES string of the molecule is C[C@]1(O)CCC2COc3n[nH]c4nc(N)nc(c34)N2C1. The number of nitrogens with zero attached hydrogens (tertiary/aromatic N) is 4. The minimum atomic E-state index is -0.739. The molecule has 2 aromatic heterocycles. The fourth-order valence-electron chi connectivity index (χ4n) is 3.02. The van der Waals surface area contributed by atoms with Gasteiger partial charge in [-0.3, -0.25) is 5.10 Å². The topological polar surface area (TPSA) is 113 Å². The lowest BCUT2D eigenvalue weighted by atomic mass is 9.90. The number of anilines is 2. The van der Waals surface area contributed by atoms with Crippen LogP contribution in [0, 0.1) is 0 Å². The van der Waals surface area contributed by atoms with Crippen LogP contribution in [-0.4, -0.2) is 50.1 Å². The van der Waals surface area contributed by atoms with Crippen LogP contribution in [0.3, 0.4) is 0 Å². The standard InChI is InChI=1S/C12H16N6O2/c1-12(19)3-2-6-4-20-10-7-8(16-17-10)14-11(13)15-9(7)18(6)5-12/h6,19H,2-5H2,1H3,(H3,13,14,15,16,17)/t6?,12-/m0/s1. The summed E-state index contributed by atoms with van der Waals surface area (Å²) in [6.45, 7) is 2.86. The van der Waals surface area contributed by atoms with Gasteiger partial charge in [0.05, 0.1) is 11.6 Å². The second-order valence-electron chi connectivity index (χ2n) is 5.79. The number of hydrogen-bond donors (Lipinski definition) is 3. The summed E-state index contributed by atoms with van der Waals surface area (Å²) >= 11 is 0. The van der Waals surface area contributed by atoms with E-state index in [0.717, 1.165) is 18.2 Å². The summed E-state index contributed by atoms with van der Waals surface area (Å²) in [7, 11) is 0. The number of nitrogens with one attached hydrogen (secondary N) is 1. The van der Waals surface area contributed by atoms with Gasteiger partial charge < -0.3 is 20.5 Å². The number of aromatic nitrogens is 4. The maximum Gasteiger partial charge on any atom is 0.246 e. The van der Waals surface area contributed by atoms with Gasteiger partial charge in [0, 0.05) is 6.54 Å². The molecule has 2 aliphatic heterocycles. The Kier molecular flexibility index (Phi) is 2.18. The summed E-state index contributed by atoms with van der Waals surface area (Å²) < 4.78 is 5.75. The summed E-state index contributed by atoms with van der Waals surface area (Å²) in [5.41, 5.74) is 5.60. The van der Waals surface area contributed by atoms with Crippen LogP contribution in [0.2, 0.25) is 0 Å². The molecule has 0 aromatic carbocycles. The van der Waals surface area contributed by atoms with Crippen molar-refractivity contribution in [2.45, 2.75) is 31.4 Å². The molecule has 8 nitrogen and oxygen atoms in total. The van der Waals surface area contributed by atoms with E-state index < -0.39 is 5.60 Å². The Morgan fingerprint density at radius 2 is 2.35 bits per heavy atom. The van der Waals surface area contributed by atoms with Crippen LogP contribution >= 0.6 is 0 Å². The highest BCUT2D eigenvalue weighted by atomic mass is 16.5. The Bertz CT molecular complexity index is 682. The number of hydrogen-bond acceptors (Lipinski definition) is 7. The normalized spacial score (nSPS) is 28.9. The third-order valence-electron chi connectivity index (χ3n) is 4.04. The van der Waals surface area contributed by atoms with Crippen molar-refractivity contribution in [3.05, 3.63) is 0 Å². The van der Waals surface area contributed by atoms with Gasteiger partial charge in [0.1, 0.15) is 17.8 Å². The van der Waals surface area contributed by atoms with Crippen molar-refractivity contribution in [3.63, 3.8) is 0 Å². The Morgan fingerprint density at radius 3 is 3.20 bits per heavy atom. The minimum Gasteiger partial charge on any atom is -0.474 e. The van der Waals surface area contributed by atoms with Crippen LogP contribution in [0.1, 0.15) is 19.8 Å². The van der Waals surface area contributed by atoms with Crippen molar-refractivity contribution in [2.24, 2.45) is 0 Å². The van der Waals surface area contributed by atoms with E-state index in [4.69, 9.17) is 10.5 Å². The zero-order valence-electron chi connectivity index (χ0n) is 11.1. The fourth-order valence-corrected chi connectivity index (χ4v) is 3.02. The molecule has 1 fully saturated rings. The molecule has 0 aliphatic carbocycles. The smallest absolute Gasteiger partial charge is 0.246 e. The average molecular weight is 276 g/mol. The molecule has 20 heavy (non-hydrogen) atoms. The summed E-state index contributed by atoms with van der Waals surface area (Å²) in [5, 5.41) is 18.0. The first-order valence-corrected chi connectivity index (χ1v) is 6.67. The first-order valence-electron chi connectivity index (χ1n) is 6.67. The molecule has 1 saturated heterocycles. The summed E-state index contributed by atoms with van der Waals surface area (Å²) in [4.78, 5) is 10.6. The van der Waals surface area contributed by atoms with Gasteiger partial charge in [-0.05, 0) is 19.8 Å². The molecule has 4 N–H and O–H groups in total. The van der Waals surface area contributed by atoms with Gasteiger partial charge in [-0.1, -0.05) is 0 Å². The number of piperidine rings is 1. The van der Waals surface area contributed by atoms with Crippen molar-refractivity contribution >= 4 is 22.8 Å². The van der Waals surface area contributed by atoms with Crippen molar-refractivity contribution < 1.29 is 9.84 Å². The van der Waals surface area contributed by atoms with Crippen molar-refractivity contribution in [1.82, 2.24) is 20.2 Å². The largest absolute Gasteiger partial charge is 0.474 e. The Labute approximate surface area is 115 Å². The van der Waals surface area contributed by atoms with Crippen LogP contribution < -0.4 is 15.4 Å². The second kappa shape index (κ2) is 3.72. The zero-order chi connectivity index (χ0) is 13.9. The molecule has 4 rings (SSSR count). The number of aromatic amines is 1. The quantitative estimate of drug-likeness (QED) is 0.623. The van der Waals surface area contributed by atoms with E-state index in [1.807, 2.05) is 6.92 Å². The number of nitrogens with two attached hydrogens (primary N) is 1. The molecule has 1 unspecified atom stereocenters. The molecule has 2 aliphatic rings. The molecule has 2 aromatic rings. The van der Waals surface area contributed by atoms with Gasteiger partial charge >= 0.3 is 0 Å². The van der Waals surface area contributed by atoms with Gasteiger partial charge in [0.25, 0.3) is 0 Å². The second-order valence-corrected chi connectivity index (χ2v) is 5.79. The van der Waals surface area contributed by atoms with Gasteiger partial charge in [-0.15, -0.1) is 5.10 Å². The highest BCUT2D eigenvalue weighted by Gasteiger charge is 2.39. The van der Waals surface area contributed by atoms with Gasteiger partial charge in [-0.2, -0.15) is 9.97 Å². The molecular weight excluding hydrogens is 260 g/mol. The van der Waals surface area contributed by atoms with E-state index in [0.29, 0.717) is 30.5 Å². The van der Waals surface area contributed by atoms with Gasteiger partial charge in [-0.25, -0.2) is 0 Å². The van der Waals surface area contributed by atoms with Crippen LogP contribution in [0.5, 0.6) is 5.88 Å². The molecule has 0 radical (unpaired) electrons. The number of fused-ring (bicyclic) bond motifs is 2. The lowest BCUT2D eigenvalue weighted by molar-refractivity contribution is 0.0322. The lowest BCUT2D eigenvalue weighted by Crippen LogP contribution is -2.53. The Hall–Kier alpha value is -2.09. The Morgan fingerprint density at radius 1 is 1.50 bits per heavy atom. The van der Waals surface area contributed by atoms with Crippen molar-refractivity contribution in [1.29, 1.82) is 0 Å². The van der Waals surface area contributed by atoms with Crippen LogP contribution in [0.15, 0.2) is 0 Å². The number of H-pyrrole nitrogens is 1. The van der Waals surface area contributed by atoms with Crippen molar-refractivity contribution in [3.8, 4) is 5.88 Å². The highest BCUT2D eigenvalue weighted by molar-refractivity contribution is 5.93. The molecule has 2 atom stereocenters. The van der Waals surface area contributed by atoms with E-state index in [-0.39, 0.29) is 12.0 Å². The molecule has 0 spiro atoms. The lowest BCUT2D eigenvalue weighted by Gasteiger charge is -2.42. The molecular formula is C12H16N6O2. The van der Waals surface area contributed by atoms with Crippen LogP contribution in [0.25, 0.3) is 11.0 Å². The maximum atomic E-state index is 10.3. The van der Waals surface area contributed by atoms with Crippen LogP contribution in [0.4, 0.5) is 11.8 Å².